The fourth-order valence-electron chi connectivity index (χ4n) is 5.99. The summed E-state index contributed by atoms with van der Waals surface area (Å²) in [5.41, 5.74) is 5.94. The number of carbonyl (C=O) groups is 1. The predicted molar refractivity (Wildman–Crippen MR) is 199 cm³/mol. The monoisotopic (exact) mass is 670 g/mol. The molecule has 0 saturated carbocycles. The van der Waals surface area contributed by atoms with Crippen LogP contribution in [-0.2, 0) is 14.9 Å². The van der Waals surface area contributed by atoms with Crippen molar-refractivity contribution in [1.82, 2.24) is 5.32 Å². The van der Waals surface area contributed by atoms with E-state index in [9.17, 15) is 4.79 Å². The van der Waals surface area contributed by atoms with Crippen LogP contribution in [0.25, 0.3) is 21.9 Å². The van der Waals surface area contributed by atoms with Crippen LogP contribution >= 0.6 is 0 Å². The van der Waals surface area contributed by atoms with Gasteiger partial charge in [-0.15, -0.1) is 0 Å². The van der Waals surface area contributed by atoms with Gasteiger partial charge in [-0.25, -0.2) is 4.79 Å². The first-order valence-electron chi connectivity index (χ1n) is 16.8. The van der Waals surface area contributed by atoms with Crippen molar-refractivity contribution in [2.45, 2.75) is 40.0 Å². The Hall–Kier alpha value is -5.67. The second-order valence-corrected chi connectivity index (χ2v) is 13.0. The average Bonchev–Trinajstić information content (AvgIpc) is 3.37. The molecule has 1 aliphatic rings. The van der Waals surface area contributed by atoms with Gasteiger partial charge in [0.25, 0.3) is 0 Å². The molecule has 1 aliphatic heterocycles. The van der Waals surface area contributed by atoms with E-state index in [-0.39, 0.29) is 23.7 Å². The van der Waals surface area contributed by atoms with Crippen LogP contribution in [0.1, 0.15) is 61.7 Å². The van der Waals surface area contributed by atoms with Gasteiger partial charge in [0.05, 0.1) is 18.8 Å². The Morgan fingerprint density at radius 3 is 2.22 bits per heavy atom. The molecule has 256 valence electrons. The second kappa shape index (κ2) is 14.4. The molecule has 50 heavy (non-hydrogen) atoms. The van der Waals surface area contributed by atoms with Gasteiger partial charge in [-0.1, -0.05) is 45.0 Å². The number of hydrogen-bond acceptors (Lipinski definition) is 8. The zero-order valence-corrected chi connectivity index (χ0v) is 29.0. The van der Waals surface area contributed by atoms with Crippen LogP contribution in [0.15, 0.2) is 91.0 Å². The minimum absolute atomic E-state index is 0.163. The zero-order chi connectivity index (χ0) is 35.4. The summed E-state index contributed by atoms with van der Waals surface area (Å²) in [5.74, 6) is 1.94. The summed E-state index contributed by atoms with van der Waals surface area (Å²) in [6, 6.07) is 28.8. The highest BCUT2D eigenvalue weighted by molar-refractivity contribution is 6.30. The van der Waals surface area contributed by atoms with Crippen LogP contribution in [0.2, 0.25) is 0 Å². The third kappa shape index (κ3) is 7.33. The van der Waals surface area contributed by atoms with Gasteiger partial charge in [-0.2, -0.15) is 0 Å². The van der Waals surface area contributed by atoms with E-state index < -0.39 is 5.97 Å². The Morgan fingerprint density at radius 2 is 1.50 bits per heavy atom. The van der Waals surface area contributed by atoms with E-state index in [1.165, 1.54) is 0 Å². The van der Waals surface area contributed by atoms with Crippen LogP contribution in [0.4, 0.5) is 11.4 Å². The third-order valence-corrected chi connectivity index (χ3v) is 8.41. The van der Waals surface area contributed by atoms with Gasteiger partial charge in [0.2, 0.25) is 0 Å². The standard InChI is InChI=1S/C41H42N4O5/c1-6-47-18-19-49-40(46)25-14-16-29(17-15-25)44-34-23-28(41(3,4)5)20-27-22-33-37(39(43)45-38(33)42)36(35(27)34)26-10-8-12-31(21-26)50-32-13-9-11-30(24-32)48-7-2/h8-17,20-24,44H,6-7,18-19H2,1-5H3,(H3,42,43,45). The molecule has 5 aromatic carbocycles. The fourth-order valence-corrected chi connectivity index (χ4v) is 5.99. The van der Waals surface area contributed by atoms with Crippen LogP contribution in [-0.4, -0.2) is 44.1 Å². The van der Waals surface area contributed by atoms with Crippen molar-refractivity contribution in [2.24, 2.45) is 0 Å². The first-order chi connectivity index (χ1) is 24.0. The normalized spacial score (nSPS) is 12.4. The second-order valence-electron chi connectivity index (χ2n) is 13.0. The van der Waals surface area contributed by atoms with Crippen molar-refractivity contribution in [3.8, 4) is 28.4 Å². The van der Waals surface area contributed by atoms with Gasteiger partial charge in [0, 0.05) is 46.1 Å². The number of carbonyl (C=O) groups excluding carboxylic acids is 1. The molecule has 0 radical (unpaired) electrons. The number of nitrogens with one attached hydrogen (secondary N) is 4. The molecule has 0 amide bonds. The summed E-state index contributed by atoms with van der Waals surface area (Å²) in [6.45, 7) is 12.0. The summed E-state index contributed by atoms with van der Waals surface area (Å²) in [7, 11) is 0. The van der Waals surface area contributed by atoms with Gasteiger partial charge in [-0.05, 0) is 96.4 Å². The van der Waals surface area contributed by atoms with Crippen LogP contribution in [0.5, 0.6) is 17.2 Å². The number of fused-ring (bicyclic) bond motifs is 2. The molecule has 0 spiro atoms. The molecule has 5 aromatic rings. The van der Waals surface area contributed by atoms with Crippen LogP contribution in [0, 0.1) is 10.8 Å². The Balaban J connectivity index is 1.46. The maximum Gasteiger partial charge on any atom is 0.338 e. The third-order valence-electron chi connectivity index (χ3n) is 8.41. The van der Waals surface area contributed by atoms with Crippen molar-refractivity contribution >= 4 is 39.8 Å². The lowest BCUT2D eigenvalue weighted by Gasteiger charge is -2.24. The van der Waals surface area contributed by atoms with Crippen molar-refractivity contribution < 1.29 is 23.7 Å². The molecule has 6 rings (SSSR count). The number of esters is 1. The van der Waals surface area contributed by atoms with Crippen molar-refractivity contribution in [3.05, 3.63) is 113 Å². The SMILES string of the molecule is CCOCCOC(=O)c1ccc(Nc2cc(C(C)(C)C)cc3cc4c(c(-c5cccc(Oc6cccc(OCC)c6)c5)c23)C(=N)NC4=N)cc1. The highest BCUT2D eigenvalue weighted by Gasteiger charge is 2.29. The van der Waals surface area contributed by atoms with Gasteiger partial charge in [0.1, 0.15) is 35.5 Å². The average molecular weight is 671 g/mol. The number of ether oxygens (including phenoxy) is 4. The minimum atomic E-state index is -0.408. The molecule has 0 bridgehead atoms. The predicted octanol–water partition coefficient (Wildman–Crippen LogP) is 9.19. The van der Waals surface area contributed by atoms with E-state index in [1.807, 2.05) is 80.6 Å². The van der Waals surface area contributed by atoms with E-state index in [4.69, 9.17) is 29.8 Å². The largest absolute Gasteiger partial charge is 0.494 e. The maximum atomic E-state index is 12.6. The van der Waals surface area contributed by atoms with E-state index in [1.54, 1.807) is 12.1 Å². The van der Waals surface area contributed by atoms with Crippen molar-refractivity contribution in [2.75, 3.05) is 31.7 Å². The highest BCUT2D eigenvalue weighted by Crippen LogP contribution is 2.44. The van der Waals surface area contributed by atoms with Crippen molar-refractivity contribution in [1.29, 1.82) is 10.8 Å². The summed E-state index contributed by atoms with van der Waals surface area (Å²) >= 11 is 0. The van der Waals surface area contributed by atoms with Gasteiger partial charge >= 0.3 is 5.97 Å². The first kappa shape index (κ1) is 34.2. The zero-order valence-electron chi connectivity index (χ0n) is 29.0. The number of anilines is 2. The lowest BCUT2D eigenvalue weighted by Crippen LogP contribution is -2.20. The Labute approximate surface area is 292 Å². The number of amidine groups is 2. The van der Waals surface area contributed by atoms with Gasteiger partial charge in [-0.3, -0.25) is 10.8 Å². The molecule has 0 atom stereocenters. The van der Waals surface area contributed by atoms with E-state index in [0.29, 0.717) is 48.0 Å². The lowest BCUT2D eigenvalue weighted by atomic mass is 9.82. The van der Waals surface area contributed by atoms with Crippen LogP contribution in [0.3, 0.4) is 0 Å². The molecule has 4 N–H and O–H groups in total. The molecule has 0 unspecified atom stereocenters. The molecule has 0 fully saturated rings. The fraction of sp³-hybridized carbons (Fsp3) is 0.244. The quantitative estimate of drug-likeness (QED) is 0.0770. The molecule has 0 aliphatic carbocycles. The molecule has 9 heteroatoms. The van der Waals surface area contributed by atoms with E-state index in [2.05, 4.69) is 43.5 Å². The summed E-state index contributed by atoms with van der Waals surface area (Å²) in [6.07, 6.45) is 0. The van der Waals surface area contributed by atoms with Gasteiger partial charge < -0.3 is 29.6 Å². The summed E-state index contributed by atoms with van der Waals surface area (Å²) < 4.78 is 22.6. The summed E-state index contributed by atoms with van der Waals surface area (Å²) in [4.78, 5) is 12.6. The van der Waals surface area contributed by atoms with E-state index in [0.717, 1.165) is 44.6 Å². The highest BCUT2D eigenvalue weighted by atomic mass is 16.6. The maximum absolute atomic E-state index is 12.6. The molecule has 9 nitrogen and oxygen atoms in total. The van der Waals surface area contributed by atoms with Gasteiger partial charge in [0.15, 0.2) is 0 Å². The molecule has 0 saturated heterocycles. The molecular weight excluding hydrogens is 628 g/mol. The number of hydrogen-bond donors (Lipinski definition) is 4. The summed E-state index contributed by atoms with van der Waals surface area (Å²) in [5, 5.41) is 26.0. The molecule has 0 aromatic heterocycles. The Bertz CT molecular complexity index is 2080. The molecular formula is C41H42N4O5. The Kier molecular flexibility index (Phi) is 9.88. The van der Waals surface area contributed by atoms with Crippen molar-refractivity contribution in [3.63, 3.8) is 0 Å². The number of benzene rings is 5. The van der Waals surface area contributed by atoms with Crippen LogP contribution < -0.4 is 20.1 Å². The smallest absolute Gasteiger partial charge is 0.338 e. The first-order valence-corrected chi connectivity index (χ1v) is 16.8. The topological polar surface area (TPSA) is 126 Å². The lowest BCUT2D eigenvalue weighted by molar-refractivity contribution is 0.0335. The van der Waals surface area contributed by atoms with E-state index >= 15 is 0 Å². The Morgan fingerprint density at radius 1 is 0.780 bits per heavy atom. The minimum Gasteiger partial charge on any atom is -0.494 e. The molecule has 1 heterocycles. The number of rotatable bonds is 12.